The van der Waals surface area contributed by atoms with E-state index >= 15 is 0 Å². The van der Waals surface area contributed by atoms with Crippen molar-refractivity contribution in [1.82, 2.24) is 9.97 Å². The molecule has 0 amide bonds. The summed E-state index contributed by atoms with van der Waals surface area (Å²) >= 11 is 0. The van der Waals surface area contributed by atoms with E-state index in [1.807, 2.05) is 0 Å². The van der Waals surface area contributed by atoms with E-state index in [1.54, 1.807) is 7.05 Å². The van der Waals surface area contributed by atoms with Gasteiger partial charge < -0.3 is 15.4 Å². The molecule has 18 heavy (non-hydrogen) atoms. The highest BCUT2D eigenvalue weighted by Crippen LogP contribution is 2.22. The number of methoxy groups -OCH3 is 1. The summed E-state index contributed by atoms with van der Waals surface area (Å²) in [4.78, 5) is 29.0. The van der Waals surface area contributed by atoms with E-state index in [-0.39, 0.29) is 17.5 Å². The van der Waals surface area contributed by atoms with Crippen LogP contribution in [-0.4, -0.2) is 41.1 Å². The maximum atomic E-state index is 11.2. The molecule has 2 N–H and O–H groups in total. The fourth-order valence-corrected chi connectivity index (χ4v) is 1.18. The first-order chi connectivity index (χ1) is 8.49. The summed E-state index contributed by atoms with van der Waals surface area (Å²) in [5, 5.41) is 16.1. The van der Waals surface area contributed by atoms with Crippen LogP contribution in [0, 0.1) is 10.1 Å². The van der Waals surface area contributed by atoms with Gasteiger partial charge in [0.25, 0.3) is 0 Å². The molecule has 0 aliphatic heterocycles. The number of rotatable bonds is 5. The molecule has 0 fully saturated rings. The van der Waals surface area contributed by atoms with Crippen molar-refractivity contribution in [3.05, 3.63) is 16.3 Å². The van der Waals surface area contributed by atoms with Crippen molar-refractivity contribution in [3.63, 3.8) is 0 Å². The molecule has 0 aromatic carbocycles. The van der Waals surface area contributed by atoms with Gasteiger partial charge in [0, 0.05) is 7.05 Å². The number of esters is 1. The molecule has 0 aliphatic carbocycles. The van der Waals surface area contributed by atoms with Gasteiger partial charge in [-0.15, -0.1) is 0 Å². The molecular weight excluding hydrogens is 242 g/mol. The average molecular weight is 255 g/mol. The molecule has 0 radical (unpaired) electrons. The van der Waals surface area contributed by atoms with Gasteiger partial charge in [0.2, 0.25) is 11.8 Å². The SMILES string of the molecule is CNc1ncc([N+](=O)[O-])c(NC(C)C(=O)OC)n1. The summed E-state index contributed by atoms with van der Waals surface area (Å²) < 4.78 is 4.51. The summed E-state index contributed by atoms with van der Waals surface area (Å²) in [5.41, 5.74) is -0.315. The van der Waals surface area contributed by atoms with Crippen molar-refractivity contribution >= 4 is 23.4 Å². The number of aromatic nitrogens is 2. The zero-order chi connectivity index (χ0) is 13.7. The quantitative estimate of drug-likeness (QED) is 0.440. The highest BCUT2D eigenvalue weighted by atomic mass is 16.6. The zero-order valence-corrected chi connectivity index (χ0v) is 10.1. The second kappa shape index (κ2) is 5.75. The predicted octanol–water partition coefficient (Wildman–Crippen LogP) is 0.400. The van der Waals surface area contributed by atoms with Crippen LogP contribution in [0.25, 0.3) is 0 Å². The van der Waals surface area contributed by atoms with E-state index < -0.39 is 16.9 Å². The topological polar surface area (TPSA) is 119 Å². The smallest absolute Gasteiger partial charge is 0.329 e. The summed E-state index contributed by atoms with van der Waals surface area (Å²) in [6.07, 6.45) is 1.06. The molecule has 1 aromatic heterocycles. The van der Waals surface area contributed by atoms with Crippen molar-refractivity contribution < 1.29 is 14.5 Å². The lowest BCUT2D eigenvalue weighted by Gasteiger charge is -2.12. The van der Waals surface area contributed by atoms with Gasteiger partial charge >= 0.3 is 11.7 Å². The maximum Gasteiger partial charge on any atom is 0.329 e. The normalized spacial score (nSPS) is 11.5. The Morgan fingerprint density at radius 1 is 1.61 bits per heavy atom. The third kappa shape index (κ3) is 3.03. The number of hydrogen-bond donors (Lipinski definition) is 2. The monoisotopic (exact) mass is 255 g/mol. The minimum absolute atomic E-state index is 0.0442. The van der Waals surface area contributed by atoms with Crippen LogP contribution in [0.15, 0.2) is 6.20 Å². The lowest BCUT2D eigenvalue weighted by molar-refractivity contribution is -0.384. The Morgan fingerprint density at radius 3 is 2.78 bits per heavy atom. The highest BCUT2D eigenvalue weighted by Gasteiger charge is 2.21. The molecule has 1 heterocycles. The van der Waals surface area contributed by atoms with E-state index in [0.717, 1.165) is 6.20 Å². The molecule has 0 saturated heterocycles. The van der Waals surface area contributed by atoms with Gasteiger partial charge in [0.1, 0.15) is 12.2 Å². The number of nitrogens with one attached hydrogen (secondary N) is 2. The summed E-state index contributed by atoms with van der Waals surface area (Å²) in [5.74, 6) is -0.383. The second-order valence-electron chi connectivity index (χ2n) is 3.32. The Bertz CT molecular complexity index is 464. The molecule has 0 spiro atoms. The molecule has 0 aliphatic rings. The van der Waals surface area contributed by atoms with Crippen LogP contribution in [0.2, 0.25) is 0 Å². The third-order valence-electron chi connectivity index (χ3n) is 2.10. The van der Waals surface area contributed by atoms with E-state index in [4.69, 9.17) is 0 Å². The first-order valence-electron chi connectivity index (χ1n) is 5.03. The summed E-state index contributed by atoms with van der Waals surface area (Å²) in [6.45, 7) is 1.51. The molecule has 1 atom stereocenters. The fourth-order valence-electron chi connectivity index (χ4n) is 1.18. The zero-order valence-electron chi connectivity index (χ0n) is 10.1. The van der Waals surface area contributed by atoms with Gasteiger partial charge in [-0.25, -0.2) is 9.78 Å². The van der Waals surface area contributed by atoms with Crippen LogP contribution < -0.4 is 10.6 Å². The molecule has 1 aromatic rings. The van der Waals surface area contributed by atoms with Crippen LogP contribution >= 0.6 is 0 Å². The lowest BCUT2D eigenvalue weighted by atomic mass is 10.3. The molecular formula is C9H13N5O4. The van der Waals surface area contributed by atoms with Gasteiger partial charge in [-0.05, 0) is 6.92 Å². The van der Waals surface area contributed by atoms with Crippen LogP contribution in [-0.2, 0) is 9.53 Å². The van der Waals surface area contributed by atoms with Gasteiger partial charge in [0.15, 0.2) is 0 Å². The average Bonchev–Trinajstić information content (AvgIpc) is 2.37. The Labute approximate surface area is 103 Å². The highest BCUT2D eigenvalue weighted by molar-refractivity contribution is 5.79. The Kier molecular flexibility index (Phi) is 4.35. The molecule has 9 heteroatoms. The predicted molar refractivity (Wildman–Crippen MR) is 63.3 cm³/mol. The van der Waals surface area contributed by atoms with Crippen molar-refractivity contribution in [2.24, 2.45) is 0 Å². The van der Waals surface area contributed by atoms with E-state index in [0.29, 0.717) is 0 Å². The Balaban J connectivity index is 3.04. The van der Waals surface area contributed by atoms with Crippen molar-refractivity contribution in [1.29, 1.82) is 0 Å². The van der Waals surface area contributed by atoms with Crippen molar-refractivity contribution in [3.8, 4) is 0 Å². The van der Waals surface area contributed by atoms with E-state index in [1.165, 1.54) is 14.0 Å². The molecule has 0 saturated carbocycles. The number of ether oxygens (including phenoxy) is 1. The fraction of sp³-hybridized carbons (Fsp3) is 0.444. The minimum Gasteiger partial charge on any atom is -0.467 e. The van der Waals surface area contributed by atoms with Crippen molar-refractivity contribution in [2.45, 2.75) is 13.0 Å². The molecule has 9 nitrogen and oxygen atoms in total. The largest absolute Gasteiger partial charge is 0.467 e. The first kappa shape index (κ1) is 13.6. The molecule has 1 unspecified atom stereocenters. The first-order valence-corrected chi connectivity index (χ1v) is 5.03. The van der Waals surface area contributed by atoms with Crippen LogP contribution in [0.5, 0.6) is 0 Å². The minimum atomic E-state index is -0.756. The third-order valence-corrected chi connectivity index (χ3v) is 2.10. The van der Waals surface area contributed by atoms with Crippen LogP contribution in [0.3, 0.4) is 0 Å². The number of anilines is 2. The van der Waals surface area contributed by atoms with Crippen molar-refractivity contribution in [2.75, 3.05) is 24.8 Å². The van der Waals surface area contributed by atoms with E-state index in [9.17, 15) is 14.9 Å². The number of carbonyl (C=O) groups is 1. The second-order valence-corrected chi connectivity index (χ2v) is 3.32. The summed E-state index contributed by atoms with van der Waals surface area (Å²) in [7, 11) is 2.81. The number of carbonyl (C=O) groups excluding carboxylic acids is 1. The maximum absolute atomic E-state index is 11.2. The van der Waals surface area contributed by atoms with Crippen LogP contribution in [0.4, 0.5) is 17.5 Å². The van der Waals surface area contributed by atoms with Gasteiger partial charge in [-0.1, -0.05) is 0 Å². The van der Waals surface area contributed by atoms with Crippen LogP contribution in [0.1, 0.15) is 6.92 Å². The molecule has 0 bridgehead atoms. The Morgan fingerprint density at radius 2 is 2.28 bits per heavy atom. The number of hydrogen-bond acceptors (Lipinski definition) is 8. The lowest BCUT2D eigenvalue weighted by Crippen LogP contribution is -2.28. The number of nitrogens with zero attached hydrogens (tertiary/aromatic N) is 3. The van der Waals surface area contributed by atoms with Gasteiger partial charge in [-0.2, -0.15) is 4.98 Å². The van der Waals surface area contributed by atoms with Gasteiger partial charge in [0.05, 0.1) is 12.0 Å². The molecule has 98 valence electrons. The van der Waals surface area contributed by atoms with Gasteiger partial charge in [-0.3, -0.25) is 10.1 Å². The Hall–Kier alpha value is -2.45. The standard InChI is InChI=1S/C9H13N5O4/c1-5(8(15)18-3)12-7-6(14(16)17)4-11-9(10-2)13-7/h4-5H,1-3H3,(H2,10,11,12,13). The summed E-state index contributed by atoms with van der Waals surface area (Å²) in [6, 6.07) is -0.756. The van der Waals surface area contributed by atoms with E-state index in [2.05, 4.69) is 25.3 Å². The molecule has 1 rings (SSSR count). The number of nitro groups is 1.